The minimum absolute atomic E-state index is 0.171. The van der Waals surface area contributed by atoms with Crippen molar-refractivity contribution in [2.45, 2.75) is 45.6 Å². The fourth-order valence-electron chi connectivity index (χ4n) is 2.54. The predicted molar refractivity (Wildman–Crippen MR) is 77.2 cm³/mol. The van der Waals surface area contributed by atoms with E-state index in [1.165, 1.54) is 12.0 Å². The lowest BCUT2D eigenvalue weighted by Gasteiger charge is -2.32. The Balaban J connectivity index is 1.91. The monoisotopic (exact) mass is 265 g/mol. The molecule has 0 saturated carbocycles. The fraction of sp³-hybridized carbons (Fsp3) is 0.800. The highest BCUT2D eigenvalue weighted by Gasteiger charge is 2.35. The summed E-state index contributed by atoms with van der Waals surface area (Å²) >= 11 is 0. The highest BCUT2D eigenvalue weighted by Crippen LogP contribution is 2.33. The van der Waals surface area contributed by atoms with Crippen LogP contribution in [-0.4, -0.2) is 35.1 Å². The molecule has 1 aliphatic heterocycles. The molecule has 0 bridgehead atoms. The van der Waals surface area contributed by atoms with Gasteiger partial charge in [0.25, 0.3) is 0 Å². The van der Waals surface area contributed by atoms with Crippen molar-refractivity contribution in [3.8, 4) is 0 Å². The summed E-state index contributed by atoms with van der Waals surface area (Å²) in [5.74, 6) is 0. The van der Waals surface area contributed by atoms with Crippen molar-refractivity contribution in [2.75, 3.05) is 19.8 Å². The van der Waals surface area contributed by atoms with E-state index in [1.54, 1.807) is 0 Å². The van der Waals surface area contributed by atoms with E-state index >= 15 is 0 Å². The molecule has 1 atom stereocenters. The molecule has 108 valence electrons. The van der Waals surface area contributed by atoms with E-state index in [1.807, 2.05) is 17.9 Å². The third-order valence-corrected chi connectivity index (χ3v) is 3.88. The topological polar surface area (TPSA) is 39.1 Å². The van der Waals surface area contributed by atoms with Gasteiger partial charge < -0.3 is 10.1 Å². The summed E-state index contributed by atoms with van der Waals surface area (Å²) < 4.78 is 7.53. The van der Waals surface area contributed by atoms with Crippen molar-refractivity contribution in [1.29, 1.82) is 0 Å². The molecule has 0 aliphatic carbocycles. The van der Waals surface area contributed by atoms with Gasteiger partial charge in [0.2, 0.25) is 0 Å². The average Bonchev–Trinajstić information content (AvgIpc) is 2.93. The molecule has 0 aromatic carbocycles. The third kappa shape index (κ3) is 4.32. The number of nitrogens with zero attached hydrogens (tertiary/aromatic N) is 2. The molecule has 1 saturated heterocycles. The van der Waals surface area contributed by atoms with E-state index in [0.29, 0.717) is 5.41 Å². The second kappa shape index (κ2) is 5.63. The van der Waals surface area contributed by atoms with Gasteiger partial charge >= 0.3 is 0 Å². The summed E-state index contributed by atoms with van der Waals surface area (Å²) in [5, 5.41) is 7.88. The summed E-state index contributed by atoms with van der Waals surface area (Å²) in [6, 6.07) is 0. The van der Waals surface area contributed by atoms with Crippen LogP contribution >= 0.6 is 0 Å². The van der Waals surface area contributed by atoms with E-state index in [-0.39, 0.29) is 5.54 Å². The molecule has 1 aromatic rings. The normalized spacial score (nSPS) is 24.0. The van der Waals surface area contributed by atoms with E-state index in [2.05, 4.69) is 37.4 Å². The van der Waals surface area contributed by atoms with Gasteiger partial charge in [0.05, 0.1) is 12.8 Å². The molecule has 1 aromatic heterocycles. The largest absolute Gasteiger partial charge is 0.381 e. The summed E-state index contributed by atoms with van der Waals surface area (Å²) in [5.41, 5.74) is 1.79. The lowest BCUT2D eigenvalue weighted by molar-refractivity contribution is 0.138. The van der Waals surface area contributed by atoms with Crippen molar-refractivity contribution in [2.24, 2.45) is 12.5 Å². The first-order chi connectivity index (χ1) is 8.89. The van der Waals surface area contributed by atoms with Crippen LogP contribution in [0.3, 0.4) is 0 Å². The lowest BCUT2D eigenvalue weighted by Crippen LogP contribution is -2.44. The Morgan fingerprint density at radius 3 is 2.79 bits per heavy atom. The summed E-state index contributed by atoms with van der Waals surface area (Å²) in [6.07, 6.45) is 7.50. The molecule has 0 spiro atoms. The minimum Gasteiger partial charge on any atom is -0.381 e. The van der Waals surface area contributed by atoms with E-state index in [4.69, 9.17) is 4.74 Å². The van der Waals surface area contributed by atoms with Crippen LogP contribution in [0.1, 0.15) is 39.2 Å². The first-order valence-electron chi connectivity index (χ1n) is 7.19. The number of hydrogen-bond acceptors (Lipinski definition) is 3. The average molecular weight is 265 g/mol. The van der Waals surface area contributed by atoms with Crippen molar-refractivity contribution in [3.63, 3.8) is 0 Å². The SMILES string of the molecule is Cn1cc(CCC2(CNC(C)(C)C)CCOC2)cn1. The van der Waals surface area contributed by atoms with Crippen LogP contribution in [0.5, 0.6) is 0 Å². The minimum atomic E-state index is 0.171. The summed E-state index contributed by atoms with van der Waals surface area (Å²) in [6.45, 7) is 9.48. The van der Waals surface area contributed by atoms with Gasteiger partial charge in [0.15, 0.2) is 0 Å². The molecule has 0 radical (unpaired) electrons. The highest BCUT2D eigenvalue weighted by molar-refractivity contribution is 5.05. The Kier molecular flexibility index (Phi) is 4.31. The van der Waals surface area contributed by atoms with Gasteiger partial charge in [-0.2, -0.15) is 5.10 Å². The van der Waals surface area contributed by atoms with Crippen molar-refractivity contribution < 1.29 is 4.74 Å². The van der Waals surface area contributed by atoms with Crippen LogP contribution in [0.15, 0.2) is 12.4 Å². The van der Waals surface area contributed by atoms with Crippen molar-refractivity contribution in [1.82, 2.24) is 15.1 Å². The number of hydrogen-bond donors (Lipinski definition) is 1. The standard InChI is InChI=1S/C15H27N3O/c1-14(2,3)16-11-15(7-8-19-12-15)6-5-13-9-17-18(4)10-13/h9-10,16H,5-8,11-12H2,1-4H3. The van der Waals surface area contributed by atoms with Gasteiger partial charge in [0.1, 0.15) is 0 Å². The van der Waals surface area contributed by atoms with Gasteiger partial charge in [0, 0.05) is 37.4 Å². The first-order valence-corrected chi connectivity index (χ1v) is 7.19. The molecule has 2 rings (SSSR count). The van der Waals surface area contributed by atoms with Gasteiger partial charge in [-0.1, -0.05) is 0 Å². The van der Waals surface area contributed by atoms with Crippen LogP contribution in [-0.2, 0) is 18.2 Å². The van der Waals surface area contributed by atoms with E-state index in [0.717, 1.165) is 32.6 Å². The second-order valence-electron chi connectivity index (χ2n) is 6.93. The molecule has 4 heteroatoms. The number of aromatic nitrogens is 2. The van der Waals surface area contributed by atoms with Crippen LogP contribution in [0.2, 0.25) is 0 Å². The quantitative estimate of drug-likeness (QED) is 0.886. The molecular weight excluding hydrogens is 238 g/mol. The molecule has 1 N–H and O–H groups in total. The molecule has 4 nitrogen and oxygen atoms in total. The smallest absolute Gasteiger partial charge is 0.0535 e. The zero-order valence-electron chi connectivity index (χ0n) is 12.7. The Labute approximate surface area is 116 Å². The molecule has 19 heavy (non-hydrogen) atoms. The lowest BCUT2D eigenvalue weighted by atomic mass is 9.81. The molecular formula is C15H27N3O. The Morgan fingerprint density at radius 1 is 1.47 bits per heavy atom. The number of nitrogens with one attached hydrogen (secondary N) is 1. The molecule has 0 amide bonds. The number of aryl methyl sites for hydroxylation is 2. The summed E-state index contributed by atoms with van der Waals surface area (Å²) in [4.78, 5) is 0. The third-order valence-electron chi connectivity index (χ3n) is 3.88. The Hall–Kier alpha value is -0.870. The van der Waals surface area contributed by atoms with Crippen LogP contribution in [0.4, 0.5) is 0 Å². The van der Waals surface area contributed by atoms with E-state index < -0.39 is 0 Å². The van der Waals surface area contributed by atoms with Crippen LogP contribution in [0, 0.1) is 5.41 Å². The molecule has 1 fully saturated rings. The Morgan fingerprint density at radius 2 is 2.26 bits per heavy atom. The van der Waals surface area contributed by atoms with Gasteiger partial charge in [-0.25, -0.2) is 0 Å². The second-order valence-corrected chi connectivity index (χ2v) is 6.93. The highest BCUT2D eigenvalue weighted by atomic mass is 16.5. The zero-order chi connectivity index (χ0) is 13.9. The predicted octanol–water partition coefficient (Wildman–Crippen LogP) is 2.15. The zero-order valence-corrected chi connectivity index (χ0v) is 12.7. The first kappa shape index (κ1) is 14.5. The molecule has 1 unspecified atom stereocenters. The van der Waals surface area contributed by atoms with Crippen molar-refractivity contribution in [3.05, 3.63) is 18.0 Å². The van der Waals surface area contributed by atoms with Gasteiger partial charge in [-0.3, -0.25) is 4.68 Å². The maximum absolute atomic E-state index is 5.66. The van der Waals surface area contributed by atoms with Gasteiger partial charge in [-0.15, -0.1) is 0 Å². The van der Waals surface area contributed by atoms with Crippen LogP contribution in [0.25, 0.3) is 0 Å². The van der Waals surface area contributed by atoms with Gasteiger partial charge in [-0.05, 0) is 45.6 Å². The van der Waals surface area contributed by atoms with Crippen molar-refractivity contribution >= 4 is 0 Å². The Bertz CT molecular complexity index is 400. The molecule has 1 aliphatic rings. The van der Waals surface area contributed by atoms with Crippen LogP contribution < -0.4 is 5.32 Å². The maximum Gasteiger partial charge on any atom is 0.0535 e. The number of rotatable bonds is 5. The maximum atomic E-state index is 5.66. The van der Waals surface area contributed by atoms with E-state index in [9.17, 15) is 0 Å². The summed E-state index contributed by atoms with van der Waals surface area (Å²) in [7, 11) is 1.97. The number of ether oxygens (including phenoxy) is 1. The molecule has 2 heterocycles. The fourth-order valence-corrected chi connectivity index (χ4v) is 2.54.